The van der Waals surface area contributed by atoms with Gasteiger partial charge in [-0.15, -0.1) is 0 Å². The summed E-state index contributed by atoms with van der Waals surface area (Å²) in [6, 6.07) is 1.37. The second-order valence-corrected chi connectivity index (χ2v) is 9.08. The SMILES string of the molecule is CCN1CCN([C@@H](C)CN[C@H]2C(C)(C)[C@H]3CC[C@@]2(C)C3)CC1. The average Bonchev–Trinajstić information content (AvgIpc) is 2.98. The highest BCUT2D eigenvalue weighted by Gasteiger charge is 2.58. The molecule has 3 heteroatoms. The van der Waals surface area contributed by atoms with E-state index >= 15 is 0 Å². The standard InChI is InChI=1S/C19H37N3/c1-6-21-9-11-22(12-10-21)15(2)14-20-17-18(3,4)16-7-8-19(17,5)13-16/h15-17,20H,6-14H2,1-5H3/t15-,16-,17-,19-/m0/s1. The van der Waals surface area contributed by atoms with Crippen LogP contribution in [-0.2, 0) is 0 Å². The van der Waals surface area contributed by atoms with Crippen molar-refractivity contribution in [2.75, 3.05) is 39.3 Å². The molecule has 1 saturated heterocycles. The Kier molecular flexibility index (Phi) is 4.61. The Bertz CT molecular complexity index is 381. The van der Waals surface area contributed by atoms with Crippen LogP contribution in [0, 0.1) is 16.7 Å². The van der Waals surface area contributed by atoms with Crippen molar-refractivity contribution in [1.29, 1.82) is 0 Å². The van der Waals surface area contributed by atoms with Crippen LogP contribution in [0.15, 0.2) is 0 Å². The molecule has 3 aliphatic rings. The highest BCUT2D eigenvalue weighted by molar-refractivity contribution is 5.12. The van der Waals surface area contributed by atoms with E-state index in [0.717, 1.165) is 12.5 Å². The second kappa shape index (κ2) is 6.07. The Balaban J connectivity index is 1.52. The molecule has 1 N–H and O–H groups in total. The summed E-state index contributed by atoms with van der Waals surface area (Å²) in [5.41, 5.74) is 1.03. The van der Waals surface area contributed by atoms with Crippen LogP contribution < -0.4 is 5.32 Å². The van der Waals surface area contributed by atoms with E-state index in [0.29, 0.717) is 22.9 Å². The molecule has 1 aliphatic heterocycles. The van der Waals surface area contributed by atoms with Crippen LogP contribution in [0.3, 0.4) is 0 Å². The molecule has 128 valence electrons. The summed E-state index contributed by atoms with van der Waals surface area (Å²) >= 11 is 0. The number of fused-ring (bicyclic) bond motifs is 2. The van der Waals surface area contributed by atoms with Crippen molar-refractivity contribution in [2.24, 2.45) is 16.7 Å². The fraction of sp³-hybridized carbons (Fsp3) is 1.00. The summed E-state index contributed by atoms with van der Waals surface area (Å²) in [4.78, 5) is 5.25. The third-order valence-corrected chi connectivity index (χ3v) is 7.36. The minimum atomic E-state index is 0.480. The van der Waals surface area contributed by atoms with Gasteiger partial charge in [0.1, 0.15) is 0 Å². The summed E-state index contributed by atoms with van der Waals surface area (Å²) in [7, 11) is 0. The topological polar surface area (TPSA) is 18.5 Å². The van der Waals surface area contributed by atoms with Gasteiger partial charge in [0.05, 0.1) is 0 Å². The molecule has 2 saturated carbocycles. The summed E-state index contributed by atoms with van der Waals surface area (Å²) in [6.45, 7) is 19.6. The molecule has 0 aromatic rings. The maximum absolute atomic E-state index is 4.01. The monoisotopic (exact) mass is 307 g/mol. The Morgan fingerprint density at radius 2 is 1.82 bits per heavy atom. The van der Waals surface area contributed by atoms with Gasteiger partial charge in [-0.25, -0.2) is 0 Å². The lowest BCUT2D eigenvalue weighted by Gasteiger charge is -2.45. The molecule has 0 amide bonds. The minimum Gasteiger partial charge on any atom is -0.311 e. The van der Waals surface area contributed by atoms with Gasteiger partial charge in [-0.3, -0.25) is 4.90 Å². The third kappa shape index (κ3) is 2.85. The number of nitrogens with zero attached hydrogens (tertiary/aromatic N) is 2. The fourth-order valence-corrected chi connectivity index (χ4v) is 5.75. The Morgan fingerprint density at radius 3 is 2.36 bits per heavy atom. The maximum Gasteiger partial charge on any atom is 0.0193 e. The van der Waals surface area contributed by atoms with E-state index in [-0.39, 0.29) is 0 Å². The number of nitrogens with one attached hydrogen (secondary N) is 1. The van der Waals surface area contributed by atoms with E-state index in [1.807, 2.05) is 0 Å². The third-order valence-electron chi connectivity index (χ3n) is 7.36. The van der Waals surface area contributed by atoms with Gasteiger partial charge in [0.15, 0.2) is 0 Å². The van der Waals surface area contributed by atoms with Crippen LogP contribution in [0.4, 0.5) is 0 Å². The van der Waals surface area contributed by atoms with Crippen molar-refractivity contribution < 1.29 is 0 Å². The van der Waals surface area contributed by atoms with Crippen LogP contribution in [-0.4, -0.2) is 61.2 Å². The van der Waals surface area contributed by atoms with Gasteiger partial charge >= 0.3 is 0 Å². The van der Waals surface area contributed by atoms with Gasteiger partial charge in [0, 0.05) is 44.8 Å². The van der Waals surface area contributed by atoms with Crippen LogP contribution in [0.2, 0.25) is 0 Å². The lowest BCUT2D eigenvalue weighted by molar-refractivity contribution is 0.0793. The van der Waals surface area contributed by atoms with Gasteiger partial charge in [-0.05, 0) is 49.5 Å². The lowest BCUT2D eigenvalue weighted by atomic mass is 9.68. The zero-order valence-corrected chi connectivity index (χ0v) is 15.5. The molecule has 3 rings (SSSR count). The number of hydrogen-bond donors (Lipinski definition) is 1. The average molecular weight is 308 g/mol. The highest BCUT2D eigenvalue weighted by Crippen LogP contribution is 2.62. The molecule has 22 heavy (non-hydrogen) atoms. The van der Waals surface area contributed by atoms with Gasteiger partial charge in [0.25, 0.3) is 0 Å². The molecule has 0 aromatic heterocycles. The van der Waals surface area contributed by atoms with Gasteiger partial charge in [0.2, 0.25) is 0 Å². The summed E-state index contributed by atoms with van der Waals surface area (Å²) in [5, 5.41) is 4.01. The minimum absolute atomic E-state index is 0.480. The molecular formula is C19H37N3. The van der Waals surface area contributed by atoms with E-state index in [2.05, 4.69) is 49.7 Å². The normalized spacial score (nSPS) is 40.2. The molecular weight excluding hydrogens is 270 g/mol. The van der Waals surface area contributed by atoms with Gasteiger partial charge in [-0.2, -0.15) is 0 Å². The first-order valence-corrected chi connectivity index (χ1v) is 9.56. The first-order chi connectivity index (χ1) is 10.4. The van der Waals surface area contributed by atoms with Crippen molar-refractivity contribution in [3.8, 4) is 0 Å². The Hall–Kier alpha value is -0.120. The number of piperazine rings is 1. The van der Waals surface area contributed by atoms with Crippen molar-refractivity contribution in [3.05, 3.63) is 0 Å². The summed E-state index contributed by atoms with van der Waals surface area (Å²) in [5.74, 6) is 0.943. The highest BCUT2D eigenvalue weighted by atomic mass is 15.3. The van der Waals surface area contributed by atoms with E-state index in [9.17, 15) is 0 Å². The molecule has 1 heterocycles. The predicted octanol–water partition coefficient (Wildman–Crippen LogP) is 2.82. The molecule has 2 bridgehead atoms. The van der Waals surface area contributed by atoms with Crippen molar-refractivity contribution in [2.45, 2.75) is 66.0 Å². The molecule has 3 nitrogen and oxygen atoms in total. The van der Waals surface area contributed by atoms with E-state index in [1.165, 1.54) is 52.0 Å². The smallest absolute Gasteiger partial charge is 0.0193 e. The van der Waals surface area contributed by atoms with Crippen molar-refractivity contribution in [1.82, 2.24) is 15.1 Å². The second-order valence-electron chi connectivity index (χ2n) is 9.08. The number of likely N-dealkylation sites (N-methyl/N-ethyl adjacent to an activating group) is 1. The molecule has 3 fully saturated rings. The summed E-state index contributed by atoms with van der Waals surface area (Å²) in [6.07, 6.45) is 4.33. The van der Waals surface area contributed by atoms with Crippen molar-refractivity contribution in [3.63, 3.8) is 0 Å². The molecule has 2 aliphatic carbocycles. The Morgan fingerprint density at radius 1 is 1.14 bits per heavy atom. The van der Waals surface area contributed by atoms with E-state index in [4.69, 9.17) is 0 Å². The molecule has 0 radical (unpaired) electrons. The lowest BCUT2D eigenvalue weighted by Crippen LogP contribution is -2.56. The quantitative estimate of drug-likeness (QED) is 0.842. The van der Waals surface area contributed by atoms with Gasteiger partial charge < -0.3 is 10.2 Å². The first-order valence-electron chi connectivity index (χ1n) is 9.56. The summed E-state index contributed by atoms with van der Waals surface area (Å²) < 4.78 is 0. The number of hydrogen-bond acceptors (Lipinski definition) is 3. The largest absolute Gasteiger partial charge is 0.311 e. The molecule has 0 unspecified atom stereocenters. The van der Waals surface area contributed by atoms with E-state index < -0.39 is 0 Å². The Labute approximate surface area is 137 Å². The van der Waals surface area contributed by atoms with Crippen LogP contribution >= 0.6 is 0 Å². The fourth-order valence-electron chi connectivity index (χ4n) is 5.75. The number of rotatable bonds is 5. The van der Waals surface area contributed by atoms with Crippen LogP contribution in [0.25, 0.3) is 0 Å². The molecule has 4 atom stereocenters. The zero-order chi connectivity index (χ0) is 16.0. The predicted molar refractivity (Wildman–Crippen MR) is 94.2 cm³/mol. The molecule has 0 spiro atoms. The first kappa shape index (κ1) is 16.7. The molecule has 0 aromatic carbocycles. The van der Waals surface area contributed by atoms with Crippen LogP contribution in [0.5, 0.6) is 0 Å². The van der Waals surface area contributed by atoms with Gasteiger partial charge in [-0.1, -0.05) is 27.7 Å². The van der Waals surface area contributed by atoms with Crippen LogP contribution in [0.1, 0.15) is 53.9 Å². The van der Waals surface area contributed by atoms with Crippen molar-refractivity contribution >= 4 is 0 Å². The zero-order valence-electron chi connectivity index (χ0n) is 15.5. The van der Waals surface area contributed by atoms with E-state index in [1.54, 1.807) is 0 Å². The maximum atomic E-state index is 4.01.